The summed E-state index contributed by atoms with van der Waals surface area (Å²) in [7, 11) is 0. The van der Waals surface area contributed by atoms with Crippen molar-refractivity contribution in [3.63, 3.8) is 0 Å². The van der Waals surface area contributed by atoms with E-state index in [4.69, 9.17) is 13.9 Å². The van der Waals surface area contributed by atoms with Crippen molar-refractivity contribution in [1.82, 2.24) is 10.6 Å². The van der Waals surface area contributed by atoms with Gasteiger partial charge in [0.15, 0.2) is 11.5 Å². The molecule has 136 valence electrons. The fraction of sp³-hybridized carbons (Fsp3) is 0.333. The molecule has 8 heteroatoms. The molecule has 1 fully saturated rings. The first kappa shape index (κ1) is 16.3. The Hall–Kier alpha value is -3.16. The molecule has 2 N–H and O–H groups in total. The van der Waals surface area contributed by atoms with Crippen molar-refractivity contribution >= 4 is 17.6 Å². The molecule has 1 aromatic carbocycles. The molecule has 1 saturated heterocycles. The molecule has 2 aliphatic rings. The molecule has 1 aromatic heterocycles. The minimum Gasteiger partial charge on any atom is -0.486 e. The molecule has 2 aromatic rings. The SMILES string of the molecule is O=C(NCc1ccco1)N[C@@H]1CC(=O)N(c2ccc3c(c2)OCCO3)C1. The number of amides is 3. The average Bonchev–Trinajstić information content (AvgIpc) is 3.29. The number of carbonyl (C=O) groups is 2. The Bertz CT molecular complexity index is 805. The van der Waals surface area contributed by atoms with Crippen LogP contribution in [-0.2, 0) is 11.3 Å². The molecule has 2 aliphatic heterocycles. The van der Waals surface area contributed by atoms with Gasteiger partial charge in [-0.3, -0.25) is 4.79 Å². The normalized spacial score (nSPS) is 18.7. The molecule has 0 aliphatic carbocycles. The van der Waals surface area contributed by atoms with Crippen molar-refractivity contribution in [2.75, 3.05) is 24.7 Å². The fourth-order valence-electron chi connectivity index (χ4n) is 3.07. The maximum atomic E-state index is 12.3. The van der Waals surface area contributed by atoms with Crippen LogP contribution >= 0.6 is 0 Å². The second kappa shape index (κ2) is 6.99. The number of nitrogens with zero attached hydrogens (tertiary/aromatic N) is 1. The highest BCUT2D eigenvalue weighted by atomic mass is 16.6. The number of anilines is 1. The number of furan rings is 1. The average molecular weight is 357 g/mol. The number of rotatable bonds is 4. The van der Waals surface area contributed by atoms with Crippen molar-refractivity contribution in [2.45, 2.75) is 19.0 Å². The van der Waals surface area contributed by atoms with Crippen LogP contribution in [0.5, 0.6) is 11.5 Å². The number of hydrogen-bond acceptors (Lipinski definition) is 5. The summed E-state index contributed by atoms with van der Waals surface area (Å²) in [6, 6.07) is 8.37. The van der Waals surface area contributed by atoms with Gasteiger partial charge in [0, 0.05) is 24.7 Å². The predicted octanol–water partition coefficient (Wildman–Crippen LogP) is 1.66. The maximum Gasteiger partial charge on any atom is 0.315 e. The highest BCUT2D eigenvalue weighted by Crippen LogP contribution is 2.35. The van der Waals surface area contributed by atoms with Crippen LogP contribution in [-0.4, -0.2) is 37.7 Å². The smallest absolute Gasteiger partial charge is 0.315 e. The third kappa shape index (κ3) is 3.44. The van der Waals surface area contributed by atoms with Gasteiger partial charge in [-0.2, -0.15) is 0 Å². The van der Waals surface area contributed by atoms with Crippen LogP contribution in [0.2, 0.25) is 0 Å². The number of carbonyl (C=O) groups excluding carboxylic acids is 2. The molecule has 0 spiro atoms. The Labute approximate surface area is 150 Å². The highest BCUT2D eigenvalue weighted by molar-refractivity contribution is 5.97. The fourth-order valence-corrected chi connectivity index (χ4v) is 3.07. The summed E-state index contributed by atoms with van der Waals surface area (Å²) in [5, 5.41) is 5.54. The van der Waals surface area contributed by atoms with Crippen LogP contribution in [0.4, 0.5) is 10.5 Å². The summed E-state index contributed by atoms with van der Waals surface area (Å²) >= 11 is 0. The Morgan fingerprint density at radius 1 is 1.19 bits per heavy atom. The molecule has 26 heavy (non-hydrogen) atoms. The summed E-state index contributed by atoms with van der Waals surface area (Å²) in [6.45, 7) is 1.72. The van der Waals surface area contributed by atoms with Gasteiger partial charge in [-0.25, -0.2) is 4.79 Å². The van der Waals surface area contributed by atoms with Gasteiger partial charge in [-0.1, -0.05) is 0 Å². The molecule has 0 saturated carbocycles. The first-order valence-corrected chi connectivity index (χ1v) is 8.46. The Morgan fingerprint density at radius 2 is 2.04 bits per heavy atom. The summed E-state index contributed by atoms with van der Waals surface area (Å²) in [5.41, 5.74) is 0.736. The predicted molar refractivity (Wildman–Crippen MR) is 92.3 cm³/mol. The van der Waals surface area contributed by atoms with Gasteiger partial charge in [0.2, 0.25) is 5.91 Å². The first-order valence-electron chi connectivity index (χ1n) is 8.46. The van der Waals surface area contributed by atoms with Crippen LogP contribution in [0.1, 0.15) is 12.2 Å². The molecule has 0 bridgehead atoms. The number of urea groups is 1. The number of benzene rings is 1. The highest BCUT2D eigenvalue weighted by Gasteiger charge is 2.32. The van der Waals surface area contributed by atoms with E-state index in [1.807, 2.05) is 6.07 Å². The Kier molecular flexibility index (Phi) is 4.39. The third-order valence-corrected chi connectivity index (χ3v) is 4.30. The van der Waals surface area contributed by atoms with Gasteiger partial charge in [0.1, 0.15) is 19.0 Å². The molecule has 0 radical (unpaired) electrons. The topological polar surface area (TPSA) is 93.0 Å². The van der Waals surface area contributed by atoms with E-state index in [2.05, 4.69) is 10.6 Å². The molecule has 3 heterocycles. The monoisotopic (exact) mass is 357 g/mol. The number of hydrogen-bond donors (Lipinski definition) is 2. The van der Waals surface area contributed by atoms with Crippen molar-refractivity contribution in [3.8, 4) is 11.5 Å². The van der Waals surface area contributed by atoms with Crippen molar-refractivity contribution in [2.24, 2.45) is 0 Å². The minimum absolute atomic E-state index is 0.0435. The van der Waals surface area contributed by atoms with Gasteiger partial charge >= 0.3 is 6.03 Å². The van der Waals surface area contributed by atoms with E-state index in [0.29, 0.717) is 43.6 Å². The number of fused-ring (bicyclic) bond motifs is 1. The van der Waals surface area contributed by atoms with E-state index < -0.39 is 0 Å². The molecular weight excluding hydrogens is 338 g/mol. The molecule has 8 nitrogen and oxygen atoms in total. The van der Waals surface area contributed by atoms with Crippen molar-refractivity contribution in [3.05, 3.63) is 42.4 Å². The van der Waals surface area contributed by atoms with Gasteiger partial charge in [0.25, 0.3) is 0 Å². The van der Waals surface area contributed by atoms with E-state index in [1.54, 1.807) is 35.4 Å². The zero-order chi connectivity index (χ0) is 17.9. The molecular formula is C18H19N3O5. The Balaban J connectivity index is 1.35. The largest absolute Gasteiger partial charge is 0.486 e. The summed E-state index contributed by atoms with van der Waals surface area (Å²) in [4.78, 5) is 26.0. The lowest BCUT2D eigenvalue weighted by molar-refractivity contribution is -0.117. The van der Waals surface area contributed by atoms with Gasteiger partial charge in [-0.05, 0) is 24.3 Å². The molecule has 4 rings (SSSR count). The zero-order valence-electron chi connectivity index (χ0n) is 14.1. The second-order valence-electron chi connectivity index (χ2n) is 6.14. The Morgan fingerprint density at radius 3 is 2.85 bits per heavy atom. The van der Waals surface area contributed by atoms with E-state index >= 15 is 0 Å². The van der Waals surface area contributed by atoms with E-state index in [9.17, 15) is 9.59 Å². The van der Waals surface area contributed by atoms with Gasteiger partial charge < -0.3 is 29.4 Å². The van der Waals surface area contributed by atoms with Crippen LogP contribution in [0, 0.1) is 0 Å². The van der Waals surface area contributed by atoms with Crippen LogP contribution in [0.25, 0.3) is 0 Å². The minimum atomic E-state index is -0.330. The van der Waals surface area contributed by atoms with E-state index in [1.165, 1.54) is 0 Å². The van der Waals surface area contributed by atoms with Gasteiger partial charge in [-0.15, -0.1) is 0 Å². The lowest BCUT2D eigenvalue weighted by Crippen LogP contribution is -2.43. The van der Waals surface area contributed by atoms with E-state index in [0.717, 1.165) is 5.69 Å². The first-order chi connectivity index (χ1) is 12.7. The summed E-state index contributed by atoms with van der Waals surface area (Å²) < 4.78 is 16.2. The van der Waals surface area contributed by atoms with Gasteiger partial charge in [0.05, 0.1) is 18.8 Å². The van der Waals surface area contributed by atoms with Crippen molar-refractivity contribution < 1.29 is 23.5 Å². The lowest BCUT2D eigenvalue weighted by Gasteiger charge is -2.22. The summed E-state index contributed by atoms with van der Waals surface area (Å²) in [5.74, 6) is 1.94. The molecule has 0 unspecified atom stereocenters. The third-order valence-electron chi connectivity index (χ3n) is 4.30. The quantitative estimate of drug-likeness (QED) is 0.868. The molecule has 3 amide bonds. The zero-order valence-corrected chi connectivity index (χ0v) is 14.1. The van der Waals surface area contributed by atoms with E-state index in [-0.39, 0.29) is 24.4 Å². The lowest BCUT2D eigenvalue weighted by atomic mass is 10.2. The van der Waals surface area contributed by atoms with Crippen LogP contribution in [0.15, 0.2) is 41.0 Å². The standard InChI is InChI=1S/C18H19N3O5/c22-17-8-12(20-18(23)19-10-14-2-1-5-24-14)11-21(17)13-3-4-15-16(9-13)26-7-6-25-15/h1-5,9,12H,6-8,10-11H2,(H2,19,20,23)/t12-/m1/s1. The van der Waals surface area contributed by atoms with Crippen molar-refractivity contribution in [1.29, 1.82) is 0 Å². The number of ether oxygens (including phenoxy) is 2. The maximum absolute atomic E-state index is 12.3. The van der Waals surface area contributed by atoms with Crippen LogP contribution < -0.4 is 25.0 Å². The number of nitrogens with one attached hydrogen (secondary N) is 2. The summed E-state index contributed by atoms with van der Waals surface area (Å²) in [6.07, 6.45) is 1.80. The van der Waals surface area contributed by atoms with Crippen LogP contribution in [0.3, 0.4) is 0 Å². The molecule has 1 atom stereocenters. The second-order valence-corrected chi connectivity index (χ2v) is 6.14.